The van der Waals surface area contributed by atoms with Crippen molar-refractivity contribution >= 4 is 18.5 Å². The van der Waals surface area contributed by atoms with Crippen LogP contribution in [-0.4, -0.2) is 23.4 Å². The highest BCUT2D eigenvalue weighted by Crippen LogP contribution is 2.02. The lowest BCUT2D eigenvalue weighted by molar-refractivity contribution is 0.128. The zero-order valence-electron chi connectivity index (χ0n) is 8.34. The summed E-state index contributed by atoms with van der Waals surface area (Å²) in [6.07, 6.45) is 0.175. The van der Waals surface area contributed by atoms with E-state index in [4.69, 9.17) is 15.9 Å². The largest absolute Gasteiger partial charge is 0.444 e. The molecule has 0 saturated heterocycles. The van der Waals surface area contributed by atoms with Crippen molar-refractivity contribution in [1.82, 2.24) is 4.90 Å². The summed E-state index contributed by atoms with van der Waals surface area (Å²) < 4.78 is 4.75. The Kier molecular flexibility index (Phi) is 4.02. The molecule has 83 valence electrons. The Bertz CT molecular complexity index is 392. The van der Waals surface area contributed by atoms with Crippen molar-refractivity contribution < 1.29 is 14.3 Å². The summed E-state index contributed by atoms with van der Waals surface area (Å²) in [6.45, 7) is 0.00509. The van der Waals surface area contributed by atoms with E-state index in [1.807, 2.05) is 6.07 Å². The zero-order chi connectivity index (χ0) is 12.0. The van der Waals surface area contributed by atoms with Crippen LogP contribution in [0.4, 0.5) is 4.79 Å². The lowest BCUT2D eigenvalue weighted by atomic mass is 10.2. The predicted molar refractivity (Wildman–Crippen MR) is 56.1 cm³/mol. The van der Waals surface area contributed by atoms with Gasteiger partial charge in [-0.05, 0) is 5.56 Å². The van der Waals surface area contributed by atoms with Crippen molar-refractivity contribution in [1.29, 1.82) is 5.41 Å². The highest BCUT2D eigenvalue weighted by atomic mass is 16.6. The first-order chi connectivity index (χ1) is 7.65. The average molecular weight is 220 g/mol. The van der Waals surface area contributed by atoms with Gasteiger partial charge in [-0.2, -0.15) is 4.90 Å². The molecule has 0 heterocycles. The Labute approximate surface area is 92.1 Å². The van der Waals surface area contributed by atoms with Gasteiger partial charge in [-0.3, -0.25) is 10.2 Å². The van der Waals surface area contributed by atoms with E-state index in [0.29, 0.717) is 0 Å². The summed E-state index contributed by atoms with van der Waals surface area (Å²) in [5, 5.41) is 6.91. The van der Waals surface area contributed by atoms with Gasteiger partial charge in [-0.1, -0.05) is 30.3 Å². The number of amides is 2. The van der Waals surface area contributed by atoms with Crippen LogP contribution in [0.1, 0.15) is 5.56 Å². The van der Waals surface area contributed by atoms with E-state index in [9.17, 15) is 9.59 Å². The summed E-state index contributed by atoms with van der Waals surface area (Å²) in [4.78, 5) is 21.7. The molecule has 0 bridgehead atoms. The Balaban J connectivity index is 2.52. The van der Waals surface area contributed by atoms with Crippen molar-refractivity contribution in [3.8, 4) is 0 Å². The molecule has 0 aliphatic heterocycles. The van der Waals surface area contributed by atoms with E-state index in [1.54, 1.807) is 24.3 Å². The minimum atomic E-state index is -1.02. The van der Waals surface area contributed by atoms with Gasteiger partial charge in [-0.25, -0.2) is 4.79 Å². The molecule has 16 heavy (non-hydrogen) atoms. The summed E-state index contributed by atoms with van der Waals surface area (Å²) >= 11 is 0. The minimum absolute atomic E-state index is 0.00509. The van der Waals surface area contributed by atoms with E-state index in [1.165, 1.54) is 6.41 Å². The van der Waals surface area contributed by atoms with E-state index in [0.717, 1.165) is 5.56 Å². The second kappa shape index (κ2) is 5.50. The van der Waals surface area contributed by atoms with Gasteiger partial charge in [0.1, 0.15) is 6.61 Å². The maximum atomic E-state index is 11.2. The molecule has 2 amide bonds. The Hall–Kier alpha value is -2.37. The Morgan fingerprint density at radius 3 is 2.56 bits per heavy atom. The summed E-state index contributed by atoms with van der Waals surface area (Å²) in [7, 11) is 0. The molecule has 0 unspecified atom stereocenters. The molecule has 0 fully saturated rings. The number of imide groups is 1. The number of benzene rings is 1. The fourth-order valence-corrected chi connectivity index (χ4v) is 0.969. The molecule has 6 heteroatoms. The molecular formula is C10H10N3O3. The van der Waals surface area contributed by atoms with Crippen LogP contribution in [0.2, 0.25) is 0 Å². The van der Waals surface area contributed by atoms with Gasteiger partial charge in [-0.15, -0.1) is 0 Å². The molecule has 1 radical (unpaired) electrons. The fourth-order valence-electron chi connectivity index (χ4n) is 0.969. The summed E-state index contributed by atoms with van der Waals surface area (Å²) in [5.74, 6) is -0.729. The first kappa shape index (κ1) is 11.7. The lowest BCUT2D eigenvalue weighted by Gasteiger charge is -2.11. The molecule has 1 aromatic rings. The number of ether oxygens (including phenoxy) is 1. The SMILES string of the molecule is N=C(N)N([C]=O)C(=O)OCc1ccccc1. The van der Waals surface area contributed by atoms with Gasteiger partial charge in [0.2, 0.25) is 5.96 Å². The number of nitrogens with one attached hydrogen (secondary N) is 1. The van der Waals surface area contributed by atoms with Crippen molar-refractivity contribution in [2.75, 3.05) is 0 Å². The van der Waals surface area contributed by atoms with Crippen LogP contribution in [0.3, 0.4) is 0 Å². The second-order valence-corrected chi connectivity index (χ2v) is 2.85. The van der Waals surface area contributed by atoms with Crippen LogP contribution in [0.15, 0.2) is 30.3 Å². The molecule has 0 aliphatic carbocycles. The number of nitrogens with two attached hydrogens (primary N) is 1. The molecule has 1 rings (SSSR count). The number of nitrogens with zero attached hydrogens (tertiary/aromatic N) is 1. The number of hydrogen-bond acceptors (Lipinski definition) is 4. The van der Waals surface area contributed by atoms with E-state index in [2.05, 4.69) is 0 Å². The molecule has 0 saturated carbocycles. The number of guanidine groups is 1. The minimum Gasteiger partial charge on any atom is -0.444 e. The summed E-state index contributed by atoms with van der Waals surface area (Å²) in [5.41, 5.74) is 5.73. The van der Waals surface area contributed by atoms with Crippen molar-refractivity contribution in [2.45, 2.75) is 6.61 Å². The normalized spacial score (nSPS) is 9.25. The van der Waals surface area contributed by atoms with Gasteiger partial charge in [0, 0.05) is 0 Å². The van der Waals surface area contributed by atoms with Crippen molar-refractivity contribution in [3.05, 3.63) is 35.9 Å². The van der Waals surface area contributed by atoms with Crippen LogP contribution in [0.5, 0.6) is 0 Å². The van der Waals surface area contributed by atoms with Gasteiger partial charge in [0.25, 0.3) is 0 Å². The van der Waals surface area contributed by atoms with Gasteiger partial charge in [0.15, 0.2) is 0 Å². The number of carbonyl (C=O) groups excluding carboxylic acids is 2. The number of carbonyl (C=O) groups is 1. The van der Waals surface area contributed by atoms with Gasteiger partial charge >= 0.3 is 12.5 Å². The third-order valence-electron chi connectivity index (χ3n) is 1.72. The van der Waals surface area contributed by atoms with Crippen LogP contribution in [0.25, 0.3) is 0 Å². The van der Waals surface area contributed by atoms with Crippen LogP contribution < -0.4 is 5.73 Å². The maximum absolute atomic E-state index is 11.2. The zero-order valence-corrected chi connectivity index (χ0v) is 8.34. The first-order valence-electron chi connectivity index (χ1n) is 4.37. The highest BCUT2D eigenvalue weighted by Gasteiger charge is 2.17. The average Bonchev–Trinajstić information content (AvgIpc) is 2.28. The number of hydrogen-bond donors (Lipinski definition) is 2. The van der Waals surface area contributed by atoms with E-state index in [-0.39, 0.29) is 11.5 Å². The fraction of sp³-hybridized carbons (Fsp3) is 0.100. The molecule has 0 spiro atoms. The smallest absolute Gasteiger partial charge is 0.424 e. The monoisotopic (exact) mass is 220 g/mol. The van der Waals surface area contributed by atoms with Crippen LogP contribution in [-0.2, 0) is 16.1 Å². The predicted octanol–water partition coefficient (Wildman–Crippen LogP) is 0.586. The van der Waals surface area contributed by atoms with Crippen molar-refractivity contribution in [3.63, 3.8) is 0 Å². The third-order valence-corrected chi connectivity index (χ3v) is 1.72. The second-order valence-electron chi connectivity index (χ2n) is 2.85. The van der Waals surface area contributed by atoms with Crippen LogP contribution >= 0.6 is 0 Å². The molecule has 1 aromatic carbocycles. The standard InChI is InChI=1S/C10H10N3O3/c11-9(12)13(7-14)10(15)16-6-8-4-2-1-3-5-8/h1-5H,6H2,(H3,11,12). The molecule has 0 aliphatic rings. The van der Waals surface area contributed by atoms with E-state index >= 15 is 0 Å². The topological polar surface area (TPSA) is 96.5 Å². The maximum Gasteiger partial charge on any atom is 0.424 e. The Morgan fingerprint density at radius 1 is 1.44 bits per heavy atom. The van der Waals surface area contributed by atoms with Gasteiger partial charge < -0.3 is 10.5 Å². The van der Waals surface area contributed by atoms with Crippen molar-refractivity contribution in [2.24, 2.45) is 5.73 Å². The first-order valence-corrected chi connectivity index (χ1v) is 4.37. The quantitative estimate of drug-likeness (QED) is 0.442. The highest BCUT2D eigenvalue weighted by molar-refractivity contribution is 6.01. The lowest BCUT2D eigenvalue weighted by Crippen LogP contribution is -2.40. The molecule has 3 N–H and O–H groups in total. The van der Waals surface area contributed by atoms with Crippen LogP contribution in [0, 0.1) is 5.41 Å². The molecule has 6 nitrogen and oxygen atoms in total. The molecule has 0 atom stereocenters. The van der Waals surface area contributed by atoms with Gasteiger partial charge in [0.05, 0.1) is 0 Å². The van der Waals surface area contributed by atoms with E-state index < -0.39 is 12.1 Å². The molecule has 0 aromatic heterocycles. The Morgan fingerprint density at radius 2 is 2.06 bits per heavy atom. The summed E-state index contributed by atoms with van der Waals surface area (Å²) in [6, 6.07) is 8.92. The third kappa shape index (κ3) is 3.09. The molecular weight excluding hydrogens is 210 g/mol. The number of rotatable bonds is 3.